The molecule has 2 rings (SSSR count). The monoisotopic (exact) mass is 235 g/mol. The van der Waals surface area contributed by atoms with Crippen molar-refractivity contribution in [2.45, 2.75) is 13.3 Å². The van der Waals surface area contributed by atoms with Crippen LogP contribution in [0, 0.1) is 24.2 Å². The first kappa shape index (κ1) is 11.1. The highest BCUT2D eigenvalue weighted by Crippen LogP contribution is 2.33. The molecule has 1 atom stereocenters. The Bertz CT molecular complexity index is 450. The minimum absolute atomic E-state index is 0.110. The van der Waals surface area contributed by atoms with Crippen LogP contribution in [0.25, 0.3) is 0 Å². The number of nitrogens with two attached hydrogens (primary N) is 1. The summed E-state index contributed by atoms with van der Waals surface area (Å²) in [6.07, 6.45) is 0.903. The first-order chi connectivity index (χ1) is 7.61. The molecule has 4 heteroatoms. The molecule has 1 heterocycles. The number of benzene rings is 1. The third-order valence-electron chi connectivity index (χ3n) is 3.05. The summed E-state index contributed by atoms with van der Waals surface area (Å²) in [5, 5.41) is 9.58. The molecule has 3 nitrogen and oxygen atoms in total. The van der Waals surface area contributed by atoms with Gasteiger partial charge in [0.15, 0.2) is 0 Å². The van der Waals surface area contributed by atoms with E-state index in [2.05, 4.69) is 11.0 Å². The van der Waals surface area contributed by atoms with Crippen molar-refractivity contribution in [3.8, 4) is 6.07 Å². The Labute approximate surface area is 100 Å². The van der Waals surface area contributed by atoms with Crippen molar-refractivity contribution in [3.63, 3.8) is 0 Å². The maximum absolute atomic E-state index is 8.86. The molecule has 0 saturated carbocycles. The van der Waals surface area contributed by atoms with Crippen LogP contribution in [0.4, 0.5) is 11.4 Å². The summed E-state index contributed by atoms with van der Waals surface area (Å²) in [6.45, 7) is 3.56. The Hall–Kier alpha value is -1.40. The number of nitrogen functional groups attached to an aromatic ring is 1. The first-order valence-corrected chi connectivity index (χ1v) is 5.70. The van der Waals surface area contributed by atoms with Gasteiger partial charge in [-0.05, 0) is 31.0 Å². The molecule has 0 aliphatic carbocycles. The lowest BCUT2D eigenvalue weighted by molar-refractivity contribution is 0.755. The Morgan fingerprint density at radius 2 is 2.31 bits per heavy atom. The fourth-order valence-electron chi connectivity index (χ4n) is 2.00. The molecule has 0 aromatic heterocycles. The van der Waals surface area contributed by atoms with Gasteiger partial charge in [0.05, 0.1) is 22.7 Å². The van der Waals surface area contributed by atoms with Gasteiger partial charge in [-0.2, -0.15) is 5.26 Å². The number of halogens is 1. The Morgan fingerprint density at radius 3 is 2.94 bits per heavy atom. The van der Waals surface area contributed by atoms with Gasteiger partial charge in [0.25, 0.3) is 0 Å². The molecule has 16 heavy (non-hydrogen) atoms. The zero-order chi connectivity index (χ0) is 11.7. The van der Waals surface area contributed by atoms with E-state index in [4.69, 9.17) is 22.6 Å². The van der Waals surface area contributed by atoms with Crippen molar-refractivity contribution in [3.05, 3.63) is 22.7 Å². The molecule has 1 aliphatic heterocycles. The lowest BCUT2D eigenvalue weighted by atomic mass is 10.1. The van der Waals surface area contributed by atoms with E-state index in [1.165, 1.54) is 0 Å². The van der Waals surface area contributed by atoms with Crippen molar-refractivity contribution < 1.29 is 0 Å². The van der Waals surface area contributed by atoms with Crippen LogP contribution in [-0.2, 0) is 0 Å². The highest BCUT2D eigenvalue weighted by Gasteiger charge is 2.24. The number of nitriles is 1. The van der Waals surface area contributed by atoms with E-state index in [1.54, 1.807) is 0 Å². The Balaban J connectivity index is 2.29. The normalized spacial score (nSPS) is 19.8. The standard InChI is InChI=1S/C12H14ClN3/c1-8-4-10(13)12(5-11(8)15)16-3-2-9(6-14)7-16/h4-5,9H,2-3,7,15H2,1H3. The maximum Gasteiger partial charge on any atom is 0.0675 e. The molecule has 1 aromatic carbocycles. The first-order valence-electron chi connectivity index (χ1n) is 5.32. The lowest BCUT2D eigenvalue weighted by Crippen LogP contribution is -2.20. The lowest BCUT2D eigenvalue weighted by Gasteiger charge is -2.20. The highest BCUT2D eigenvalue weighted by atomic mass is 35.5. The third kappa shape index (κ3) is 1.94. The van der Waals surface area contributed by atoms with Crippen LogP contribution in [0.3, 0.4) is 0 Å². The van der Waals surface area contributed by atoms with Gasteiger partial charge in [0.1, 0.15) is 0 Å². The van der Waals surface area contributed by atoms with Crippen molar-refractivity contribution in [1.29, 1.82) is 5.26 Å². The summed E-state index contributed by atoms with van der Waals surface area (Å²) in [4.78, 5) is 2.13. The summed E-state index contributed by atoms with van der Waals surface area (Å²) < 4.78 is 0. The highest BCUT2D eigenvalue weighted by molar-refractivity contribution is 6.33. The van der Waals surface area contributed by atoms with E-state index in [0.717, 1.165) is 36.4 Å². The fraction of sp³-hybridized carbons (Fsp3) is 0.417. The molecular weight excluding hydrogens is 222 g/mol. The fourth-order valence-corrected chi connectivity index (χ4v) is 2.34. The summed E-state index contributed by atoms with van der Waals surface area (Å²) in [5.74, 6) is 0.110. The van der Waals surface area contributed by atoms with Gasteiger partial charge in [-0.3, -0.25) is 0 Å². The van der Waals surface area contributed by atoms with Crippen LogP contribution < -0.4 is 10.6 Å². The van der Waals surface area contributed by atoms with Gasteiger partial charge in [-0.15, -0.1) is 0 Å². The molecular formula is C12H14ClN3. The molecule has 1 aromatic rings. The van der Waals surface area contributed by atoms with E-state index in [1.807, 2.05) is 19.1 Å². The topological polar surface area (TPSA) is 53.0 Å². The van der Waals surface area contributed by atoms with Crippen LogP contribution in [0.5, 0.6) is 0 Å². The number of hydrogen-bond acceptors (Lipinski definition) is 3. The zero-order valence-corrected chi connectivity index (χ0v) is 9.96. The average molecular weight is 236 g/mol. The minimum atomic E-state index is 0.110. The molecule has 0 amide bonds. The quantitative estimate of drug-likeness (QED) is 0.762. The predicted octanol–water partition coefficient (Wildman–Crippen LogP) is 2.58. The number of hydrogen-bond donors (Lipinski definition) is 1. The van der Waals surface area contributed by atoms with Crippen LogP contribution >= 0.6 is 11.6 Å². The summed E-state index contributed by atoms with van der Waals surface area (Å²) >= 11 is 6.19. The van der Waals surface area contributed by atoms with Gasteiger partial charge in [0.2, 0.25) is 0 Å². The van der Waals surface area contributed by atoms with E-state index in [-0.39, 0.29) is 5.92 Å². The molecule has 0 spiro atoms. The minimum Gasteiger partial charge on any atom is -0.398 e. The van der Waals surface area contributed by atoms with Crippen LogP contribution in [0.2, 0.25) is 5.02 Å². The molecule has 1 fully saturated rings. The number of anilines is 2. The van der Waals surface area contributed by atoms with E-state index >= 15 is 0 Å². The second-order valence-corrected chi connectivity index (χ2v) is 4.63. The number of nitrogens with zero attached hydrogens (tertiary/aromatic N) is 2. The average Bonchev–Trinajstić information content (AvgIpc) is 2.71. The van der Waals surface area contributed by atoms with Crippen molar-refractivity contribution >= 4 is 23.0 Å². The largest absolute Gasteiger partial charge is 0.398 e. The molecule has 1 saturated heterocycles. The molecule has 1 aliphatic rings. The molecule has 84 valence electrons. The second kappa shape index (κ2) is 4.23. The van der Waals surface area contributed by atoms with Crippen molar-refractivity contribution in [2.75, 3.05) is 23.7 Å². The van der Waals surface area contributed by atoms with E-state index < -0.39 is 0 Å². The molecule has 2 N–H and O–H groups in total. The van der Waals surface area contributed by atoms with Crippen LogP contribution in [-0.4, -0.2) is 13.1 Å². The zero-order valence-electron chi connectivity index (χ0n) is 9.20. The van der Waals surface area contributed by atoms with Gasteiger partial charge in [0, 0.05) is 18.8 Å². The smallest absolute Gasteiger partial charge is 0.0675 e. The van der Waals surface area contributed by atoms with Gasteiger partial charge in [-0.1, -0.05) is 11.6 Å². The molecule has 0 bridgehead atoms. The predicted molar refractivity (Wildman–Crippen MR) is 66.5 cm³/mol. The van der Waals surface area contributed by atoms with E-state index in [9.17, 15) is 0 Å². The Morgan fingerprint density at radius 1 is 1.56 bits per heavy atom. The molecule has 1 unspecified atom stereocenters. The van der Waals surface area contributed by atoms with Crippen LogP contribution in [0.1, 0.15) is 12.0 Å². The summed E-state index contributed by atoms with van der Waals surface area (Å²) in [6, 6.07) is 6.07. The summed E-state index contributed by atoms with van der Waals surface area (Å²) in [7, 11) is 0. The SMILES string of the molecule is Cc1cc(Cl)c(N2CCC(C#N)C2)cc1N. The second-order valence-electron chi connectivity index (χ2n) is 4.22. The van der Waals surface area contributed by atoms with Gasteiger partial charge >= 0.3 is 0 Å². The summed E-state index contributed by atoms with van der Waals surface area (Å²) in [5.41, 5.74) is 8.56. The number of rotatable bonds is 1. The van der Waals surface area contributed by atoms with Crippen LogP contribution in [0.15, 0.2) is 12.1 Å². The van der Waals surface area contributed by atoms with E-state index in [0.29, 0.717) is 5.02 Å². The van der Waals surface area contributed by atoms with Gasteiger partial charge in [-0.25, -0.2) is 0 Å². The molecule has 0 radical (unpaired) electrons. The van der Waals surface area contributed by atoms with Crippen molar-refractivity contribution in [1.82, 2.24) is 0 Å². The maximum atomic E-state index is 8.86. The third-order valence-corrected chi connectivity index (χ3v) is 3.35. The van der Waals surface area contributed by atoms with Crippen molar-refractivity contribution in [2.24, 2.45) is 5.92 Å². The van der Waals surface area contributed by atoms with Gasteiger partial charge < -0.3 is 10.6 Å². The number of aryl methyl sites for hydroxylation is 1. The Kier molecular flexibility index (Phi) is 2.93.